The topological polar surface area (TPSA) is 57.8 Å². The van der Waals surface area contributed by atoms with Crippen molar-refractivity contribution in [3.05, 3.63) is 58.3 Å². The minimum absolute atomic E-state index is 0.196. The van der Waals surface area contributed by atoms with E-state index in [1.807, 2.05) is 40.4 Å². The molecule has 3 rings (SSSR count). The van der Waals surface area contributed by atoms with E-state index in [9.17, 15) is 10.2 Å². The molecule has 6 heteroatoms. The first-order valence-corrected chi connectivity index (χ1v) is 7.82. The molecule has 2 heterocycles. The Morgan fingerprint density at radius 1 is 1.24 bits per heavy atom. The number of benzene rings is 1. The van der Waals surface area contributed by atoms with Gasteiger partial charge < -0.3 is 10.2 Å². The molecule has 0 saturated heterocycles. The second kappa shape index (κ2) is 5.77. The second-order valence-electron chi connectivity index (χ2n) is 5.08. The van der Waals surface area contributed by atoms with E-state index < -0.39 is 5.41 Å². The molecular weight excluding hydrogens is 308 g/mol. The lowest BCUT2D eigenvalue weighted by atomic mass is 9.78. The van der Waals surface area contributed by atoms with Gasteiger partial charge in [0.15, 0.2) is 4.96 Å². The molecule has 0 spiro atoms. The van der Waals surface area contributed by atoms with Crippen LogP contribution in [0.1, 0.15) is 11.3 Å². The molecule has 0 aliphatic carbocycles. The van der Waals surface area contributed by atoms with Crippen LogP contribution >= 0.6 is 22.9 Å². The maximum absolute atomic E-state index is 9.89. The number of aliphatic hydroxyl groups is 2. The highest BCUT2D eigenvalue weighted by Crippen LogP contribution is 2.33. The molecule has 0 saturated carbocycles. The van der Waals surface area contributed by atoms with Gasteiger partial charge in [-0.2, -0.15) is 0 Å². The molecule has 110 valence electrons. The summed E-state index contributed by atoms with van der Waals surface area (Å²) in [6.45, 7) is -0.392. The van der Waals surface area contributed by atoms with Gasteiger partial charge in [0.05, 0.1) is 18.9 Å². The van der Waals surface area contributed by atoms with Crippen LogP contribution in [0.4, 0.5) is 0 Å². The number of fused-ring (bicyclic) bond motifs is 1. The molecule has 2 aromatic heterocycles. The van der Waals surface area contributed by atoms with E-state index in [4.69, 9.17) is 11.6 Å². The van der Waals surface area contributed by atoms with Gasteiger partial charge in [0.2, 0.25) is 0 Å². The third-order valence-electron chi connectivity index (χ3n) is 3.71. The number of halogens is 1. The summed E-state index contributed by atoms with van der Waals surface area (Å²) in [5.74, 6) is 0. The Bertz CT molecular complexity index is 720. The Hall–Kier alpha value is -1.40. The quantitative estimate of drug-likeness (QED) is 0.759. The van der Waals surface area contributed by atoms with Crippen molar-refractivity contribution in [3.8, 4) is 0 Å². The lowest BCUT2D eigenvalue weighted by Gasteiger charge is -2.30. The Morgan fingerprint density at radius 2 is 2.00 bits per heavy atom. The molecule has 3 aromatic rings. The highest BCUT2D eigenvalue weighted by molar-refractivity contribution is 7.15. The average molecular weight is 323 g/mol. The number of imidazole rings is 1. The molecule has 2 N–H and O–H groups in total. The molecule has 0 amide bonds. The molecule has 0 bridgehead atoms. The smallest absolute Gasteiger partial charge is 0.193 e. The third-order valence-corrected chi connectivity index (χ3v) is 4.81. The van der Waals surface area contributed by atoms with Crippen molar-refractivity contribution >= 4 is 27.9 Å². The van der Waals surface area contributed by atoms with Gasteiger partial charge in [-0.25, -0.2) is 4.98 Å². The highest BCUT2D eigenvalue weighted by Gasteiger charge is 2.34. The van der Waals surface area contributed by atoms with Gasteiger partial charge in [0.1, 0.15) is 0 Å². The van der Waals surface area contributed by atoms with Crippen LogP contribution in [-0.4, -0.2) is 32.8 Å². The van der Waals surface area contributed by atoms with Gasteiger partial charge >= 0.3 is 0 Å². The third kappa shape index (κ3) is 2.58. The Labute approximate surface area is 131 Å². The molecule has 0 aliphatic heterocycles. The predicted molar refractivity (Wildman–Crippen MR) is 84.1 cm³/mol. The van der Waals surface area contributed by atoms with Crippen molar-refractivity contribution in [2.45, 2.75) is 11.8 Å². The van der Waals surface area contributed by atoms with E-state index in [-0.39, 0.29) is 13.2 Å². The summed E-state index contributed by atoms with van der Waals surface area (Å²) < 4.78 is 1.94. The largest absolute Gasteiger partial charge is 0.395 e. The Kier molecular flexibility index (Phi) is 3.99. The molecule has 0 aliphatic rings. The molecule has 21 heavy (non-hydrogen) atoms. The van der Waals surface area contributed by atoms with Crippen molar-refractivity contribution < 1.29 is 10.2 Å². The first kappa shape index (κ1) is 14.5. The van der Waals surface area contributed by atoms with Crippen LogP contribution in [-0.2, 0) is 11.8 Å². The monoisotopic (exact) mass is 322 g/mol. The summed E-state index contributed by atoms with van der Waals surface area (Å²) in [6, 6.07) is 7.29. The maximum atomic E-state index is 9.89. The first-order chi connectivity index (χ1) is 10.2. The number of hydrogen-bond acceptors (Lipinski definition) is 4. The fourth-order valence-corrected chi connectivity index (χ4v) is 3.58. The van der Waals surface area contributed by atoms with Gasteiger partial charge in [-0.05, 0) is 11.6 Å². The highest BCUT2D eigenvalue weighted by atomic mass is 35.5. The van der Waals surface area contributed by atoms with Gasteiger partial charge in [0, 0.05) is 34.6 Å². The molecule has 0 unspecified atom stereocenters. The van der Waals surface area contributed by atoms with Crippen LogP contribution in [0.25, 0.3) is 4.96 Å². The molecular formula is C15H15ClN2O2S. The van der Waals surface area contributed by atoms with Crippen molar-refractivity contribution in [3.63, 3.8) is 0 Å². The second-order valence-corrected chi connectivity index (χ2v) is 6.36. The minimum atomic E-state index is -0.831. The van der Waals surface area contributed by atoms with Crippen LogP contribution in [0, 0.1) is 0 Å². The normalized spacial score (nSPS) is 12.1. The minimum Gasteiger partial charge on any atom is -0.395 e. The van der Waals surface area contributed by atoms with Crippen LogP contribution in [0.5, 0.6) is 0 Å². The lowest BCUT2D eigenvalue weighted by molar-refractivity contribution is 0.115. The zero-order valence-corrected chi connectivity index (χ0v) is 12.8. The maximum Gasteiger partial charge on any atom is 0.193 e. The van der Waals surface area contributed by atoms with Crippen molar-refractivity contribution in [1.29, 1.82) is 0 Å². The molecule has 0 radical (unpaired) electrons. The zero-order valence-electron chi connectivity index (χ0n) is 11.2. The van der Waals surface area contributed by atoms with Crippen LogP contribution in [0.2, 0.25) is 5.02 Å². The molecule has 0 atom stereocenters. The summed E-state index contributed by atoms with van der Waals surface area (Å²) in [7, 11) is 0. The number of aromatic nitrogens is 2. The molecule has 1 aromatic carbocycles. The zero-order chi connectivity index (χ0) is 14.9. The summed E-state index contributed by atoms with van der Waals surface area (Å²) >= 11 is 7.79. The Morgan fingerprint density at radius 3 is 2.67 bits per heavy atom. The van der Waals surface area contributed by atoms with Crippen molar-refractivity contribution in [1.82, 2.24) is 9.38 Å². The van der Waals surface area contributed by atoms with E-state index in [2.05, 4.69) is 4.98 Å². The fourth-order valence-electron chi connectivity index (χ4n) is 2.53. The predicted octanol–water partition coefficient (Wildman–Crippen LogP) is 2.51. The van der Waals surface area contributed by atoms with Gasteiger partial charge in [-0.3, -0.25) is 4.40 Å². The summed E-state index contributed by atoms with van der Waals surface area (Å²) in [5.41, 5.74) is 0.737. The standard InChI is InChI=1S/C15H15ClN2O2S/c16-13-4-2-1-3-12(13)15(9-19,10-20)7-11-8-18-5-6-21-14(18)17-11/h1-6,8,19-20H,7,9-10H2. The first-order valence-electron chi connectivity index (χ1n) is 6.56. The van der Waals surface area contributed by atoms with Crippen molar-refractivity contribution in [2.24, 2.45) is 0 Å². The number of rotatable bonds is 5. The van der Waals surface area contributed by atoms with Crippen LogP contribution in [0.15, 0.2) is 42.0 Å². The van der Waals surface area contributed by atoms with E-state index in [1.54, 1.807) is 17.4 Å². The number of aliphatic hydroxyl groups excluding tert-OH is 2. The number of nitrogens with zero attached hydrogens (tertiary/aromatic N) is 2. The number of thiazole rings is 1. The van der Waals surface area contributed by atoms with E-state index >= 15 is 0 Å². The van der Waals surface area contributed by atoms with Gasteiger partial charge in [0.25, 0.3) is 0 Å². The summed E-state index contributed by atoms with van der Waals surface area (Å²) in [6.07, 6.45) is 4.28. The van der Waals surface area contributed by atoms with E-state index in [0.29, 0.717) is 11.4 Å². The SMILES string of the molecule is OCC(CO)(Cc1cn2ccsc2n1)c1ccccc1Cl. The van der Waals surface area contributed by atoms with Gasteiger partial charge in [-0.15, -0.1) is 11.3 Å². The fraction of sp³-hybridized carbons (Fsp3) is 0.267. The van der Waals surface area contributed by atoms with E-state index in [1.165, 1.54) is 0 Å². The summed E-state index contributed by atoms with van der Waals surface area (Å²) in [5, 5.41) is 22.3. The Balaban J connectivity index is 2.01. The molecule has 4 nitrogen and oxygen atoms in total. The molecule has 0 fully saturated rings. The number of hydrogen-bond donors (Lipinski definition) is 2. The van der Waals surface area contributed by atoms with E-state index in [0.717, 1.165) is 16.2 Å². The summed E-state index contributed by atoms with van der Waals surface area (Å²) in [4.78, 5) is 5.42. The van der Waals surface area contributed by atoms with Crippen LogP contribution in [0.3, 0.4) is 0 Å². The van der Waals surface area contributed by atoms with Crippen molar-refractivity contribution in [2.75, 3.05) is 13.2 Å². The lowest BCUT2D eigenvalue weighted by Crippen LogP contribution is -2.37. The van der Waals surface area contributed by atoms with Gasteiger partial charge in [-0.1, -0.05) is 29.8 Å². The van der Waals surface area contributed by atoms with Crippen LogP contribution < -0.4 is 0 Å². The average Bonchev–Trinajstić information content (AvgIpc) is 3.07.